The molecule has 0 saturated carbocycles. The molecule has 0 radical (unpaired) electrons. The van der Waals surface area contributed by atoms with E-state index in [9.17, 15) is 14.7 Å². The first-order valence-corrected chi connectivity index (χ1v) is 10.6. The number of aromatic nitrogens is 1. The quantitative estimate of drug-likeness (QED) is 0.488. The average Bonchev–Trinajstić information content (AvgIpc) is 3.11. The van der Waals surface area contributed by atoms with Crippen molar-refractivity contribution in [3.05, 3.63) is 68.2 Å². The van der Waals surface area contributed by atoms with Crippen molar-refractivity contribution in [2.75, 3.05) is 0 Å². The Kier molecular flexibility index (Phi) is 4.58. The second-order valence-electron chi connectivity index (χ2n) is 10.6. The summed E-state index contributed by atoms with van der Waals surface area (Å²) in [6.07, 6.45) is 1.93. The van der Waals surface area contributed by atoms with E-state index in [1.165, 1.54) is 0 Å². The Morgan fingerprint density at radius 1 is 0.968 bits per heavy atom. The van der Waals surface area contributed by atoms with E-state index in [1.54, 1.807) is 6.07 Å². The number of phenolic OH excluding ortho intramolecular Hbond substituents is 1. The van der Waals surface area contributed by atoms with E-state index < -0.39 is 5.76 Å². The lowest BCUT2D eigenvalue weighted by molar-refractivity contribution is 0.103. The van der Waals surface area contributed by atoms with Gasteiger partial charge in [-0.05, 0) is 52.3 Å². The van der Waals surface area contributed by atoms with Gasteiger partial charge >= 0.3 is 5.76 Å². The van der Waals surface area contributed by atoms with E-state index in [0.717, 1.165) is 22.3 Å². The van der Waals surface area contributed by atoms with Crippen LogP contribution >= 0.6 is 0 Å². The van der Waals surface area contributed by atoms with Gasteiger partial charge in [-0.25, -0.2) is 4.79 Å². The lowest BCUT2D eigenvalue weighted by Gasteiger charge is -2.28. The number of allylic oxidation sites excluding steroid dienone is 1. The Morgan fingerprint density at radius 2 is 1.55 bits per heavy atom. The monoisotopic (exact) mass is 419 g/mol. The minimum Gasteiger partial charge on any atom is -0.507 e. The van der Waals surface area contributed by atoms with Crippen LogP contribution in [0.1, 0.15) is 87.0 Å². The lowest BCUT2D eigenvalue weighted by Crippen LogP contribution is -2.17. The van der Waals surface area contributed by atoms with Crippen LogP contribution in [0.2, 0.25) is 0 Å². The molecule has 4 rings (SSSR count). The van der Waals surface area contributed by atoms with Crippen molar-refractivity contribution in [1.82, 2.24) is 4.98 Å². The lowest BCUT2D eigenvalue weighted by atomic mass is 9.78. The number of nitrogens with one attached hydrogen (secondary N) is 1. The van der Waals surface area contributed by atoms with Crippen molar-refractivity contribution in [3.63, 3.8) is 0 Å². The molecule has 1 atom stereocenters. The first-order chi connectivity index (χ1) is 14.3. The number of hydrogen-bond donors (Lipinski definition) is 2. The van der Waals surface area contributed by atoms with Gasteiger partial charge in [-0.1, -0.05) is 48.5 Å². The molecule has 2 N–H and O–H groups in total. The van der Waals surface area contributed by atoms with Crippen LogP contribution in [0.5, 0.6) is 5.75 Å². The zero-order chi connectivity index (χ0) is 22.9. The number of H-pyrrole nitrogens is 1. The summed E-state index contributed by atoms with van der Waals surface area (Å²) in [5, 5.41) is 11.0. The van der Waals surface area contributed by atoms with E-state index in [1.807, 2.05) is 31.2 Å². The fourth-order valence-corrected chi connectivity index (χ4v) is 4.34. The molecule has 5 nitrogen and oxygen atoms in total. The number of aromatic amines is 1. The predicted molar refractivity (Wildman–Crippen MR) is 123 cm³/mol. The number of oxazole rings is 1. The fourth-order valence-electron chi connectivity index (χ4n) is 4.34. The van der Waals surface area contributed by atoms with Crippen molar-refractivity contribution >= 4 is 23.0 Å². The number of ketones is 1. The second kappa shape index (κ2) is 6.71. The fraction of sp³-hybridized carbons (Fsp3) is 0.385. The highest BCUT2D eigenvalue weighted by Crippen LogP contribution is 2.43. The summed E-state index contributed by atoms with van der Waals surface area (Å²) in [5.74, 6) is -0.380. The Morgan fingerprint density at radius 3 is 2.10 bits per heavy atom. The number of hydrogen-bond acceptors (Lipinski definition) is 4. The predicted octanol–water partition coefficient (Wildman–Crippen LogP) is 5.81. The minimum atomic E-state index is -0.525. The summed E-state index contributed by atoms with van der Waals surface area (Å²) >= 11 is 0. The molecule has 1 aromatic heterocycles. The summed E-state index contributed by atoms with van der Waals surface area (Å²) in [6.45, 7) is 14.4. The highest BCUT2D eigenvalue weighted by atomic mass is 16.4. The molecule has 1 heterocycles. The Hall–Kier alpha value is -3.08. The van der Waals surface area contributed by atoms with E-state index in [2.05, 4.69) is 46.5 Å². The largest absolute Gasteiger partial charge is 0.507 e. The number of fused-ring (bicyclic) bond motifs is 2. The normalized spacial score (nSPS) is 18.2. The van der Waals surface area contributed by atoms with Crippen molar-refractivity contribution in [1.29, 1.82) is 0 Å². The van der Waals surface area contributed by atoms with Gasteiger partial charge in [0.15, 0.2) is 11.4 Å². The van der Waals surface area contributed by atoms with Crippen molar-refractivity contribution < 1.29 is 14.3 Å². The van der Waals surface area contributed by atoms with Crippen LogP contribution < -0.4 is 5.76 Å². The van der Waals surface area contributed by atoms with Gasteiger partial charge in [0, 0.05) is 28.2 Å². The number of phenols is 1. The molecule has 0 amide bonds. The van der Waals surface area contributed by atoms with E-state index in [0.29, 0.717) is 28.0 Å². The smallest absolute Gasteiger partial charge is 0.417 e. The summed E-state index contributed by atoms with van der Waals surface area (Å²) < 4.78 is 5.14. The zero-order valence-corrected chi connectivity index (χ0v) is 19.1. The van der Waals surface area contributed by atoms with Crippen LogP contribution in [-0.2, 0) is 10.8 Å². The van der Waals surface area contributed by atoms with Crippen molar-refractivity contribution in [3.8, 4) is 5.75 Å². The molecule has 1 unspecified atom stereocenters. The number of aromatic hydroxyl groups is 1. The van der Waals surface area contributed by atoms with Gasteiger partial charge in [0.2, 0.25) is 0 Å². The highest BCUT2D eigenvalue weighted by molar-refractivity contribution is 6.17. The van der Waals surface area contributed by atoms with Crippen molar-refractivity contribution in [2.24, 2.45) is 0 Å². The molecule has 2 aromatic carbocycles. The van der Waals surface area contributed by atoms with Crippen LogP contribution in [0.15, 0.2) is 39.1 Å². The molecule has 31 heavy (non-hydrogen) atoms. The number of rotatable bonds is 1. The molecule has 5 heteroatoms. The molecular weight excluding hydrogens is 390 g/mol. The molecule has 162 valence electrons. The van der Waals surface area contributed by atoms with Gasteiger partial charge in [0.25, 0.3) is 0 Å². The number of carbonyl (C=O) groups is 1. The highest BCUT2D eigenvalue weighted by Gasteiger charge is 2.33. The summed E-state index contributed by atoms with van der Waals surface area (Å²) in [7, 11) is 0. The zero-order valence-electron chi connectivity index (χ0n) is 19.1. The maximum Gasteiger partial charge on any atom is 0.417 e. The SMILES string of the molecule is CC1/C(=C/c2cc(C(C)(C)C)c(O)c(C(C)(C)C)c2)C(=O)c2cc3oc(=O)[nH]c3cc21. The Bertz CT molecular complexity index is 1270. The molecule has 1 aliphatic rings. The molecule has 1 aliphatic carbocycles. The molecule has 0 spiro atoms. The summed E-state index contributed by atoms with van der Waals surface area (Å²) in [5.41, 5.74) is 5.25. The van der Waals surface area contributed by atoms with Crippen LogP contribution in [0.3, 0.4) is 0 Å². The number of carbonyl (C=O) groups excluding carboxylic acids is 1. The van der Waals surface area contributed by atoms with Gasteiger partial charge in [-0.2, -0.15) is 0 Å². The van der Waals surface area contributed by atoms with Gasteiger partial charge < -0.3 is 9.52 Å². The maximum absolute atomic E-state index is 13.2. The molecule has 0 bridgehead atoms. The summed E-state index contributed by atoms with van der Waals surface area (Å²) in [6, 6.07) is 7.44. The molecule has 3 aromatic rings. The topological polar surface area (TPSA) is 83.3 Å². The minimum absolute atomic E-state index is 0.0593. The Labute approximate surface area is 181 Å². The van der Waals surface area contributed by atoms with Crippen LogP contribution in [0.25, 0.3) is 17.2 Å². The summed E-state index contributed by atoms with van der Waals surface area (Å²) in [4.78, 5) is 27.4. The van der Waals surface area contributed by atoms with Crippen LogP contribution in [-0.4, -0.2) is 15.9 Å². The van der Waals surface area contributed by atoms with E-state index in [4.69, 9.17) is 4.42 Å². The van der Waals surface area contributed by atoms with E-state index in [-0.39, 0.29) is 22.5 Å². The first kappa shape index (κ1) is 21.2. The second-order valence-corrected chi connectivity index (χ2v) is 10.6. The van der Waals surface area contributed by atoms with Gasteiger partial charge in [-0.15, -0.1) is 0 Å². The first-order valence-electron chi connectivity index (χ1n) is 10.6. The third-order valence-electron chi connectivity index (χ3n) is 6.10. The Balaban J connectivity index is 1.88. The number of Topliss-reactive ketones (excluding diaryl/α,β-unsaturated/α-hetero) is 1. The molecular formula is C26H29NO4. The number of benzene rings is 2. The van der Waals surface area contributed by atoms with Gasteiger partial charge in [-0.3, -0.25) is 9.78 Å². The third kappa shape index (κ3) is 3.52. The molecule has 0 fully saturated rings. The van der Waals surface area contributed by atoms with Crippen LogP contribution in [0.4, 0.5) is 0 Å². The van der Waals surface area contributed by atoms with E-state index >= 15 is 0 Å². The third-order valence-corrected chi connectivity index (χ3v) is 6.10. The van der Waals surface area contributed by atoms with Crippen molar-refractivity contribution in [2.45, 2.75) is 65.2 Å². The maximum atomic E-state index is 13.2. The molecule has 0 saturated heterocycles. The van der Waals surface area contributed by atoms with Gasteiger partial charge in [0.1, 0.15) is 5.75 Å². The standard InChI is InChI=1S/C26H29NO4/c1-13-15-11-20-21(31-24(30)27-20)12-17(15)22(28)16(13)8-14-9-18(25(2,3)4)23(29)19(10-14)26(5,6)7/h8-13,29H,1-7H3,(H,27,30)/b16-8-. The molecule has 0 aliphatic heterocycles. The average molecular weight is 420 g/mol. The van der Waals surface area contributed by atoms with Crippen LogP contribution in [0, 0.1) is 0 Å². The van der Waals surface area contributed by atoms with Gasteiger partial charge in [0.05, 0.1) is 5.52 Å².